The van der Waals surface area contributed by atoms with Gasteiger partial charge in [-0.2, -0.15) is 16.8 Å². The summed E-state index contributed by atoms with van der Waals surface area (Å²) in [6.07, 6.45) is 0.213. The maximum absolute atomic E-state index is 12.1. The highest BCUT2D eigenvalue weighted by Gasteiger charge is 2.20. The van der Waals surface area contributed by atoms with Gasteiger partial charge in [0.25, 0.3) is 10.1 Å². The molecule has 0 saturated carbocycles. The Morgan fingerprint density at radius 3 is 2.17 bits per heavy atom. The molecule has 0 aliphatic carbocycles. The molecular formula is C13H11NO7S2. The summed E-state index contributed by atoms with van der Waals surface area (Å²) >= 11 is 0. The van der Waals surface area contributed by atoms with Crippen molar-refractivity contribution in [1.82, 2.24) is 0 Å². The zero-order valence-electron chi connectivity index (χ0n) is 11.4. The standard InChI is InChI=1S/C13H11NO7S2/c15-9-14-12-8-11(22(16,17)18)6-7-13(12)21-23(19,20)10-4-2-1-3-5-10/h1-9H,(H,14,15)(H,16,17,18). The first kappa shape index (κ1) is 16.9. The zero-order valence-corrected chi connectivity index (χ0v) is 13.0. The third-order valence-corrected chi connectivity index (χ3v) is 4.79. The first-order valence-electron chi connectivity index (χ1n) is 6.05. The van der Waals surface area contributed by atoms with E-state index in [0.29, 0.717) is 0 Å². The fourth-order valence-electron chi connectivity index (χ4n) is 1.67. The molecular weight excluding hydrogens is 346 g/mol. The Hall–Kier alpha value is -2.43. The highest BCUT2D eigenvalue weighted by molar-refractivity contribution is 7.87. The van der Waals surface area contributed by atoms with Crippen LogP contribution < -0.4 is 9.50 Å². The van der Waals surface area contributed by atoms with Crippen LogP contribution in [0.2, 0.25) is 0 Å². The van der Waals surface area contributed by atoms with Crippen LogP contribution in [0.1, 0.15) is 0 Å². The van der Waals surface area contributed by atoms with E-state index in [0.717, 1.165) is 18.2 Å². The van der Waals surface area contributed by atoms with Crippen LogP contribution in [0.25, 0.3) is 0 Å². The second kappa shape index (κ2) is 6.36. The number of benzene rings is 2. The van der Waals surface area contributed by atoms with Crippen molar-refractivity contribution in [3.8, 4) is 5.75 Å². The molecule has 0 heterocycles. The normalized spacial score (nSPS) is 11.7. The molecule has 2 aromatic rings. The van der Waals surface area contributed by atoms with Crippen LogP contribution in [0.3, 0.4) is 0 Å². The van der Waals surface area contributed by atoms with E-state index in [-0.39, 0.29) is 22.7 Å². The summed E-state index contributed by atoms with van der Waals surface area (Å²) < 4.78 is 60.3. The third-order valence-electron chi connectivity index (χ3n) is 2.69. The molecule has 2 N–H and O–H groups in total. The smallest absolute Gasteiger partial charge is 0.339 e. The number of rotatable bonds is 6. The molecule has 8 nitrogen and oxygen atoms in total. The van der Waals surface area contributed by atoms with Gasteiger partial charge in [0.2, 0.25) is 6.41 Å². The molecule has 0 bridgehead atoms. The zero-order chi connectivity index (χ0) is 17.1. The minimum atomic E-state index is -4.52. The minimum Gasteiger partial charge on any atom is -0.377 e. The van der Waals surface area contributed by atoms with Crippen molar-refractivity contribution in [3.63, 3.8) is 0 Å². The molecule has 2 aromatic carbocycles. The predicted octanol–water partition coefficient (Wildman–Crippen LogP) is 1.27. The number of hydrogen-bond acceptors (Lipinski definition) is 6. The lowest BCUT2D eigenvalue weighted by atomic mass is 10.3. The summed E-state index contributed by atoms with van der Waals surface area (Å²) in [7, 11) is -8.69. The summed E-state index contributed by atoms with van der Waals surface area (Å²) in [5.74, 6) is -0.298. The van der Waals surface area contributed by atoms with E-state index in [1.54, 1.807) is 6.07 Å². The molecule has 122 valence electrons. The van der Waals surface area contributed by atoms with Gasteiger partial charge in [0.05, 0.1) is 10.6 Å². The Kier molecular flexibility index (Phi) is 4.68. The monoisotopic (exact) mass is 357 g/mol. The quantitative estimate of drug-likeness (QED) is 0.453. The molecule has 0 atom stereocenters. The van der Waals surface area contributed by atoms with Gasteiger partial charge in [-0.3, -0.25) is 9.35 Å². The molecule has 0 aliphatic heterocycles. The molecule has 0 fully saturated rings. The summed E-state index contributed by atoms with van der Waals surface area (Å²) in [6, 6.07) is 10.1. The lowest BCUT2D eigenvalue weighted by Gasteiger charge is -2.11. The number of anilines is 1. The third kappa shape index (κ3) is 4.06. The Morgan fingerprint density at radius 1 is 0.957 bits per heavy atom. The van der Waals surface area contributed by atoms with Gasteiger partial charge in [-0.1, -0.05) is 18.2 Å². The molecule has 1 amide bonds. The van der Waals surface area contributed by atoms with Gasteiger partial charge in [-0.05, 0) is 30.3 Å². The maximum Gasteiger partial charge on any atom is 0.339 e. The van der Waals surface area contributed by atoms with Crippen molar-refractivity contribution in [2.75, 3.05) is 5.32 Å². The van der Waals surface area contributed by atoms with Gasteiger partial charge in [-0.15, -0.1) is 0 Å². The first-order chi connectivity index (χ1) is 10.7. The summed E-state index contributed by atoms with van der Waals surface area (Å²) in [5.41, 5.74) is -0.227. The van der Waals surface area contributed by atoms with Crippen molar-refractivity contribution in [1.29, 1.82) is 0 Å². The van der Waals surface area contributed by atoms with Crippen LogP contribution in [-0.2, 0) is 25.0 Å². The molecule has 2 rings (SSSR count). The fraction of sp³-hybridized carbons (Fsp3) is 0. The minimum absolute atomic E-state index is 0.115. The number of carbonyl (C=O) groups excluding carboxylic acids is 1. The second-order valence-corrected chi connectivity index (χ2v) is 7.21. The van der Waals surface area contributed by atoms with Crippen LogP contribution >= 0.6 is 0 Å². The van der Waals surface area contributed by atoms with Crippen LogP contribution in [0, 0.1) is 0 Å². The van der Waals surface area contributed by atoms with Crippen LogP contribution in [0.5, 0.6) is 5.75 Å². The van der Waals surface area contributed by atoms with Gasteiger partial charge >= 0.3 is 10.1 Å². The van der Waals surface area contributed by atoms with Crippen LogP contribution in [0.4, 0.5) is 5.69 Å². The lowest BCUT2D eigenvalue weighted by molar-refractivity contribution is -0.105. The molecule has 10 heteroatoms. The van der Waals surface area contributed by atoms with Gasteiger partial charge in [0.15, 0.2) is 5.75 Å². The van der Waals surface area contributed by atoms with Gasteiger partial charge < -0.3 is 9.50 Å². The topological polar surface area (TPSA) is 127 Å². The highest BCUT2D eigenvalue weighted by atomic mass is 32.2. The van der Waals surface area contributed by atoms with Gasteiger partial charge in [0.1, 0.15) is 4.90 Å². The maximum atomic E-state index is 12.1. The predicted molar refractivity (Wildman–Crippen MR) is 80.2 cm³/mol. The lowest BCUT2D eigenvalue weighted by Crippen LogP contribution is -2.11. The molecule has 0 spiro atoms. The molecule has 0 radical (unpaired) electrons. The number of carbonyl (C=O) groups is 1. The van der Waals surface area contributed by atoms with E-state index in [9.17, 15) is 21.6 Å². The van der Waals surface area contributed by atoms with E-state index in [1.807, 2.05) is 0 Å². The van der Waals surface area contributed by atoms with E-state index >= 15 is 0 Å². The van der Waals surface area contributed by atoms with Crippen molar-refractivity contribution in [3.05, 3.63) is 48.5 Å². The summed E-state index contributed by atoms with van der Waals surface area (Å²) in [6.45, 7) is 0. The van der Waals surface area contributed by atoms with Crippen LogP contribution in [-0.4, -0.2) is 27.8 Å². The fourth-order valence-corrected chi connectivity index (χ4v) is 3.15. The van der Waals surface area contributed by atoms with Crippen molar-refractivity contribution in [2.45, 2.75) is 9.79 Å². The van der Waals surface area contributed by atoms with Crippen LogP contribution in [0.15, 0.2) is 58.3 Å². The van der Waals surface area contributed by atoms with Gasteiger partial charge in [0, 0.05) is 0 Å². The number of nitrogens with one attached hydrogen (secondary N) is 1. The van der Waals surface area contributed by atoms with Gasteiger partial charge in [-0.25, -0.2) is 0 Å². The number of hydrogen-bond donors (Lipinski definition) is 2. The van der Waals surface area contributed by atoms with E-state index in [2.05, 4.69) is 5.32 Å². The largest absolute Gasteiger partial charge is 0.377 e. The average Bonchev–Trinajstić information content (AvgIpc) is 2.49. The Balaban J connectivity index is 2.45. The van der Waals surface area contributed by atoms with Crippen molar-refractivity contribution >= 4 is 32.3 Å². The average molecular weight is 357 g/mol. The van der Waals surface area contributed by atoms with E-state index in [1.165, 1.54) is 24.3 Å². The van der Waals surface area contributed by atoms with E-state index < -0.39 is 25.1 Å². The second-order valence-electron chi connectivity index (χ2n) is 4.25. The summed E-state index contributed by atoms with van der Waals surface area (Å²) in [4.78, 5) is 9.96. The number of amides is 1. The van der Waals surface area contributed by atoms with Crippen molar-refractivity contribution in [2.24, 2.45) is 0 Å². The Labute approximate surface area is 132 Å². The SMILES string of the molecule is O=CNc1cc(S(=O)(=O)O)ccc1OS(=O)(=O)c1ccccc1. The first-order valence-corrected chi connectivity index (χ1v) is 8.90. The van der Waals surface area contributed by atoms with Crippen molar-refractivity contribution < 1.29 is 30.4 Å². The Bertz CT molecular complexity index is 922. The molecule has 0 aliphatic rings. The molecule has 0 aromatic heterocycles. The molecule has 0 unspecified atom stereocenters. The summed E-state index contributed by atoms with van der Waals surface area (Å²) in [5, 5.41) is 2.12. The molecule has 0 saturated heterocycles. The highest BCUT2D eigenvalue weighted by Crippen LogP contribution is 2.30. The molecule has 23 heavy (non-hydrogen) atoms. The Morgan fingerprint density at radius 2 is 1.61 bits per heavy atom. The van der Waals surface area contributed by atoms with E-state index in [4.69, 9.17) is 8.74 Å².